The molecule has 11 N–H and O–H groups in total. The lowest BCUT2D eigenvalue weighted by atomic mass is 9.62. The van der Waals surface area contributed by atoms with E-state index in [1.54, 1.807) is 0 Å². The second-order valence-electron chi connectivity index (χ2n) is 18.1. The van der Waals surface area contributed by atoms with Gasteiger partial charge in [-0.15, -0.1) is 0 Å². The number of aliphatic hydroxyl groups is 11. The van der Waals surface area contributed by atoms with Crippen LogP contribution in [-0.2, 0) is 33.2 Å². The van der Waals surface area contributed by atoms with Crippen LogP contribution in [0.5, 0.6) is 0 Å². The average Bonchev–Trinajstić information content (AvgIpc) is 3.62. The van der Waals surface area contributed by atoms with Crippen LogP contribution in [0.3, 0.4) is 0 Å². The summed E-state index contributed by atoms with van der Waals surface area (Å²) in [5.74, 6) is 0.864. The van der Waals surface area contributed by atoms with Gasteiger partial charge in [0.25, 0.3) is 0 Å². The Kier molecular flexibility index (Phi) is 13.5. The Balaban J connectivity index is 1.09. The third-order valence-electron chi connectivity index (χ3n) is 14.6. The summed E-state index contributed by atoms with van der Waals surface area (Å²) in [5, 5.41) is 115. The van der Waals surface area contributed by atoms with E-state index in [9.17, 15) is 56.2 Å². The fraction of sp³-hybridized carbons (Fsp3) is 0.949. The zero-order chi connectivity index (χ0) is 41.1. The number of hydrogen-bond acceptors (Lipinski definition) is 18. The fourth-order valence-electron chi connectivity index (χ4n) is 11.1. The monoisotopic (exact) mass is 820 g/mol. The van der Waals surface area contributed by atoms with E-state index in [4.69, 9.17) is 33.2 Å². The number of hydrogen-bond donors (Lipinski definition) is 11. The van der Waals surface area contributed by atoms with Crippen molar-refractivity contribution in [3.63, 3.8) is 0 Å². The van der Waals surface area contributed by atoms with Gasteiger partial charge in [0, 0.05) is 5.92 Å². The second-order valence-corrected chi connectivity index (χ2v) is 18.1. The largest absolute Gasteiger partial charge is 0.394 e. The minimum atomic E-state index is -1.97. The summed E-state index contributed by atoms with van der Waals surface area (Å²) in [5.41, 5.74) is 1.21. The van der Waals surface area contributed by atoms with Gasteiger partial charge in [-0.1, -0.05) is 38.8 Å². The van der Waals surface area contributed by atoms with Crippen LogP contribution in [0.4, 0.5) is 0 Å². The lowest BCUT2D eigenvalue weighted by molar-refractivity contribution is -0.400. The maximum Gasteiger partial charge on any atom is 0.189 e. The highest BCUT2D eigenvalue weighted by Gasteiger charge is 2.59. The molecule has 7 aliphatic rings. The van der Waals surface area contributed by atoms with Crippen molar-refractivity contribution in [2.24, 2.45) is 28.6 Å². The maximum atomic E-state index is 11.9. The summed E-state index contributed by atoms with van der Waals surface area (Å²) < 4.78 is 41.3. The Morgan fingerprint density at radius 1 is 0.649 bits per heavy atom. The highest BCUT2D eigenvalue weighted by molar-refractivity contribution is 5.19. The van der Waals surface area contributed by atoms with E-state index in [1.807, 2.05) is 0 Å². The van der Waals surface area contributed by atoms with Crippen molar-refractivity contribution in [1.82, 2.24) is 0 Å². The predicted molar refractivity (Wildman–Crippen MR) is 192 cm³/mol. The van der Waals surface area contributed by atoms with Gasteiger partial charge in [0.1, 0.15) is 67.1 Å². The average molecular weight is 821 g/mol. The molecule has 4 saturated heterocycles. The number of allylic oxidation sites excluding steroid dienone is 1. The van der Waals surface area contributed by atoms with Crippen LogP contribution in [0, 0.1) is 28.6 Å². The van der Waals surface area contributed by atoms with E-state index >= 15 is 0 Å². The molecular formula is C39H64O18. The first kappa shape index (κ1) is 44.1. The molecule has 23 atom stereocenters. The molecule has 6 fully saturated rings. The van der Waals surface area contributed by atoms with Crippen LogP contribution >= 0.6 is 0 Å². The molecule has 0 aromatic heterocycles. The van der Waals surface area contributed by atoms with Crippen molar-refractivity contribution >= 4 is 0 Å². The lowest BCUT2D eigenvalue weighted by Crippen LogP contribution is -2.67. The van der Waals surface area contributed by atoms with E-state index in [-0.39, 0.29) is 22.9 Å². The Morgan fingerprint density at radius 3 is 2.00 bits per heavy atom. The standard InChI is InChI=1S/C39H64O18/c1-16-23-20(52-33(16)49)13-18-7-4-6-17-12-19(8-11-38(17,2)9-5-10-39(18,23)3)51-37-32(56-36-29(47)26(44)27(45)34(50)57-36)30(48)31(22(15-41)54-37)55-35-28(46)25(43)24(42)21(14-40)53-35/h6,16,18-37,40-50H,4-5,7-15H2,1-3H3. The number of aliphatic hydroxyl groups excluding tert-OH is 11. The summed E-state index contributed by atoms with van der Waals surface area (Å²) >= 11 is 0. The smallest absolute Gasteiger partial charge is 0.189 e. The van der Waals surface area contributed by atoms with E-state index in [2.05, 4.69) is 26.8 Å². The summed E-state index contributed by atoms with van der Waals surface area (Å²) in [6.45, 7) is 5.28. The molecular weight excluding hydrogens is 756 g/mol. The van der Waals surface area contributed by atoms with Crippen molar-refractivity contribution in [3.8, 4) is 0 Å². The highest BCUT2D eigenvalue weighted by Crippen LogP contribution is 2.61. The second kappa shape index (κ2) is 17.4. The first-order valence-corrected chi connectivity index (χ1v) is 20.6. The third-order valence-corrected chi connectivity index (χ3v) is 14.6. The van der Waals surface area contributed by atoms with Gasteiger partial charge < -0.3 is 89.3 Å². The summed E-state index contributed by atoms with van der Waals surface area (Å²) in [4.78, 5) is 0. The minimum absolute atomic E-state index is 0.0664. The fourth-order valence-corrected chi connectivity index (χ4v) is 11.1. The van der Waals surface area contributed by atoms with Crippen molar-refractivity contribution in [1.29, 1.82) is 0 Å². The Bertz CT molecular complexity index is 1390. The van der Waals surface area contributed by atoms with Gasteiger partial charge in [-0.05, 0) is 74.0 Å². The highest BCUT2D eigenvalue weighted by atomic mass is 16.8. The zero-order valence-electron chi connectivity index (χ0n) is 32.8. The maximum absolute atomic E-state index is 11.9. The van der Waals surface area contributed by atoms with Gasteiger partial charge in [-0.2, -0.15) is 0 Å². The van der Waals surface area contributed by atoms with Gasteiger partial charge in [0.15, 0.2) is 31.5 Å². The van der Waals surface area contributed by atoms with Crippen LogP contribution in [-0.4, -0.2) is 180 Å². The van der Waals surface area contributed by atoms with E-state index in [1.165, 1.54) is 5.57 Å². The molecule has 4 aliphatic heterocycles. The van der Waals surface area contributed by atoms with Crippen LogP contribution in [0.25, 0.3) is 0 Å². The van der Waals surface area contributed by atoms with Crippen LogP contribution < -0.4 is 0 Å². The predicted octanol–water partition coefficient (Wildman–Crippen LogP) is -2.15. The molecule has 18 nitrogen and oxygen atoms in total. The zero-order valence-corrected chi connectivity index (χ0v) is 32.8. The molecule has 328 valence electrons. The van der Waals surface area contributed by atoms with Gasteiger partial charge in [-0.25, -0.2) is 0 Å². The SMILES string of the molecule is CC1C(O)OC2CC3CCC=C4CC(OC5OC(CO)C(OC6OC(CO)C(O)C(O)C6O)C(O)C5OC5OC(O)C(O)C(O)C5O)CCC4(C)CCCC3(C)C21. The van der Waals surface area contributed by atoms with E-state index in [0.717, 1.165) is 44.9 Å². The number of rotatable bonds is 8. The van der Waals surface area contributed by atoms with E-state index < -0.39 is 118 Å². The van der Waals surface area contributed by atoms with Crippen LogP contribution in [0.15, 0.2) is 11.6 Å². The molecule has 0 bridgehead atoms. The van der Waals surface area contributed by atoms with Gasteiger partial charge in [0.05, 0.1) is 25.4 Å². The summed E-state index contributed by atoms with van der Waals surface area (Å²) in [6.07, 6.45) is -16.8. The van der Waals surface area contributed by atoms with Gasteiger partial charge >= 0.3 is 0 Å². The molecule has 0 aromatic rings. The third kappa shape index (κ3) is 8.24. The molecule has 0 radical (unpaired) electrons. The lowest BCUT2D eigenvalue weighted by Gasteiger charge is -2.49. The van der Waals surface area contributed by atoms with Crippen molar-refractivity contribution < 1.29 is 89.3 Å². The molecule has 2 saturated carbocycles. The Morgan fingerprint density at radius 2 is 1.30 bits per heavy atom. The molecule has 0 spiro atoms. The quantitative estimate of drug-likeness (QED) is 0.117. The summed E-state index contributed by atoms with van der Waals surface area (Å²) in [6, 6.07) is 0. The summed E-state index contributed by atoms with van der Waals surface area (Å²) in [7, 11) is 0. The van der Waals surface area contributed by atoms with Crippen molar-refractivity contribution in [2.75, 3.05) is 13.2 Å². The molecule has 18 heteroatoms. The molecule has 0 aromatic carbocycles. The van der Waals surface area contributed by atoms with Crippen LogP contribution in [0.1, 0.15) is 78.6 Å². The number of ether oxygens (including phenoxy) is 7. The molecule has 0 amide bonds. The molecule has 7 rings (SSSR count). The Hall–Kier alpha value is -0.980. The molecule has 3 aliphatic carbocycles. The normalized spacial score (nSPS) is 54.7. The minimum Gasteiger partial charge on any atom is -0.394 e. The molecule has 57 heavy (non-hydrogen) atoms. The van der Waals surface area contributed by atoms with E-state index in [0.29, 0.717) is 24.7 Å². The Labute approximate surface area is 331 Å². The molecule has 4 heterocycles. The van der Waals surface area contributed by atoms with Gasteiger partial charge in [0.2, 0.25) is 0 Å². The first-order chi connectivity index (χ1) is 27.0. The first-order valence-electron chi connectivity index (χ1n) is 20.6. The van der Waals surface area contributed by atoms with Crippen LogP contribution in [0.2, 0.25) is 0 Å². The van der Waals surface area contributed by atoms with Crippen molar-refractivity contribution in [3.05, 3.63) is 11.6 Å². The number of fused-ring (bicyclic) bond motifs is 4. The topological polar surface area (TPSA) is 287 Å². The van der Waals surface area contributed by atoms with Crippen molar-refractivity contribution in [2.45, 2.75) is 189 Å². The van der Waals surface area contributed by atoms with Gasteiger partial charge in [-0.3, -0.25) is 0 Å². The molecule has 23 unspecified atom stereocenters.